The summed E-state index contributed by atoms with van der Waals surface area (Å²) in [6, 6.07) is 4.54. The van der Waals surface area contributed by atoms with Gasteiger partial charge in [-0.15, -0.1) is 0 Å². The number of hydrogen-bond donors (Lipinski definition) is 2. The minimum absolute atomic E-state index is 0.235. The molecular formula is C14H21ClN2O3. The molecule has 0 saturated carbocycles. The van der Waals surface area contributed by atoms with E-state index in [1.54, 1.807) is 25.3 Å². The fourth-order valence-corrected chi connectivity index (χ4v) is 1.90. The molecule has 0 bridgehead atoms. The molecule has 0 radical (unpaired) electrons. The van der Waals surface area contributed by atoms with Gasteiger partial charge in [-0.1, -0.05) is 11.6 Å². The Kier molecular flexibility index (Phi) is 7.36. The van der Waals surface area contributed by atoms with Crippen molar-refractivity contribution in [2.24, 2.45) is 5.73 Å². The predicted molar refractivity (Wildman–Crippen MR) is 80.3 cm³/mol. The molecule has 20 heavy (non-hydrogen) atoms. The number of carbonyl (C=O) groups excluding carboxylic acids is 1. The molecule has 0 fully saturated rings. The van der Waals surface area contributed by atoms with Gasteiger partial charge in [-0.05, 0) is 38.0 Å². The smallest absolute Gasteiger partial charge is 0.241 e. The van der Waals surface area contributed by atoms with E-state index in [4.69, 9.17) is 26.8 Å². The molecule has 3 N–H and O–H groups in total. The van der Waals surface area contributed by atoms with Gasteiger partial charge in [0.1, 0.15) is 5.75 Å². The lowest BCUT2D eigenvalue weighted by atomic mass is 10.1. The third kappa shape index (κ3) is 5.36. The molecule has 0 heterocycles. The molecular weight excluding hydrogens is 280 g/mol. The van der Waals surface area contributed by atoms with Crippen molar-refractivity contribution in [3.8, 4) is 5.75 Å². The van der Waals surface area contributed by atoms with Crippen LogP contribution in [0.2, 0.25) is 5.02 Å². The predicted octanol–water partition coefficient (Wildman–Crippen LogP) is 2.43. The van der Waals surface area contributed by atoms with Crippen LogP contribution in [0.5, 0.6) is 5.75 Å². The molecule has 0 aliphatic rings. The molecule has 1 rings (SSSR count). The number of rotatable bonds is 8. The maximum absolute atomic E-state index is 11.9. The van der Waals surface area contributed by atoms with Gasteiger partial charge in [0.2, 0.25) is 5.91 Å². The van der Waals surface area contributed by atoms with Gasteiger partial charge in [0, 0.05) is 19.4 Å². The van der Waals surface area contributed by atoms with Gasteiger partial charge in [0.25, 0.3) is 0 Å². The number of nitrogens with one attached hydrogen (secondary N) is 1. The number of hydrogen-bond acceptors (Lipinski definition) is 4. The highest BCUT2D eigenvalue weighted by molar-refractivity contribution is 6.32. The Morgan fingerprint density at radius 2 is 2.25 bits per heavy atom. The van der Waals surface area contributed by atoms with E-state index < -0.39 is 6.04 Å². The van der Waals surface area contributed by atoms with E-state index in [-0.39, 0.29) is 5.91 Å². The summed E-state index contributed by atoms with van der Waals surface area (Å²) in [5, 5.41) is 3.19. The maximum Gasteiger partial charge on any atom is 0.241 e. The van der Waals surface area contributed by atoms with Crippen molar-refractivity contribution in [2.75, 3.05) is 25.6 Å². The first-order valence-corrected chi connectivity index (χ1v) is 6.94. The molecule has 112 valence electrons. The zero-order chi connectivity index (χ0) is 15.0. The third-order valence-electron chi connectivity index (χ3n) is 2.70. The van der Waals surface area contributed by atoms with E-state index in [0.717, 1.165) is 6.42 Å². The summed E-state index contributed by atoms with van der Waals surface area (Å²) in [5.41, 5.74) is 6.40. The third-order valence-corrected chi connectivity index (χ3v) is 2.99. The van der Waals surface area contributed by atoms with E-state index in [0.29, 0.717) is 36.1 Å². The van der Waals surface area contributed by atoms with Gasteiger partial charge < -0.3 is 20.5 Å². The Morgan fingerprint density at radius 3 is 2.85 bits per heavy atom. The van der Waals surface area contributed by atoms with Crippen LogP contribution in [-0.2, 0) is 9.53 Å². The van der Waals surface area contributed by atoms with Gasteiger partial charge in [-0.2, -0.15) is 0 Å². The van der Waals surface area contributed by atoms with Crippen LogP contribution in [0.15, 0.2) is 18.2 Å². The minimum Gasteiger partial charge on any atom is -0.492 e. The van der Waals surface area contributed by atoms with Gasteiger partial charge in [-0.3, -0.25) is 4.79 Å². The summed E-state index contributed by atoms with van der Waals surface area (Å²) < 4.78 is 10.2. The normalized spacial score (nSPS) is 12.0. The Balaban J connectivity index is 2.55. The van der Waals surface area contributed by atoms with Crippen LogP contribution in [-0.4, -0.2) is 32.3 Å². The van der Waals surface area contributed by atoms with Crippen molar-refractivity contribution in [1.82, 2.24) is 0 Å². The highest BCUT2D eigenvalue weighted by atomic mass is 35.5. The number of nitrogens with two attached hydrogens (primary N) is 1. The van der Waals surface area contributed by atoms with Crippen molar-refractivity contribution in [2.45, 2.75) is 25.8 Å². The molecule has 1 unspecified atom stereocenters. The molecule has 0 aliphatic carbocycles. The van der Waals surface area contributed by atoms with Gasteiger partial charge in [0.15, 0.2) is 0 Å². The second kappa shape index (κ2) is 8.79. The average molecular weight is 301 g/mol. The first kappa shape index (κ1) is 16.8. The van der Waals surface area contributed by atoms with Crippen molar-refractivity contribution in [1.29, 1.82) is 0 Å². The Bertz CT molecular complexity index is 440. The summed E-state index contributed by atoms with van der Waals surface area (Å²) in [4.78, 5) is 11.9. The zero-order valence-electron chi connectivity index (χ0n) is 11.8. The van der Waals surface area contributed by atoms with Crippen LogP contribution in [0.1, 0.15) is 19.8 Å². The minimum atomic E-state index is -0.560. The SMILES string of the molecule is CCOc1ccc(NC(=O)C(N)CCCOC)cc1Cl. The van der Waals surface area contributed by atoms with E-state index >= 15 is 0 Å². The summed E-state index contributed by atoms with van der Waals surface area (Å²) in [6.07, 6.45) is 1.32. The van der Waals surface area contributed by atoms with Crippen molar-refractivity contribution >= 4 is 23.2 Å². The van der Waals surface area contributed by atoms with Gasteiger partial charge in [0.05, 0.1) is 17.7 Å². The lowest BCUT2D eigenvalue weighted by molar-refractivity contribution is -0.117. The maximum atomic E-state index is 11.9. The molecule has 5 nitrogen and oxygen atoms in total. The van der Waals surface area contributed by atoms with Crippen molar-refractivity contribution in [3.63, 3.8) is 0 Å². The Morgan fingerprint density at radius 1 is 1.50 bits per heavy atom. The number of ether oxygens (including phenoxy) is 2. The fourth-order valence-electron chi connectivity index (χ4n) is 1.66. The van der Waals surface area contributed by atoms with Crippen LogP contribution in [0.25, 0.3) is 0 Å². The van der Waals surface area contributed by atoms with E-state index in [1.165, 1.54) is 0 Å². The molecule has 0 aromatic heterocycles. The average Bonchev–Trinajstić information content (AvgIpc) is 2.42. The standard InChI is InChI=1S/C14H21ClN2O3/c1-3-20-13-7-6-10(9-11(13)15)17-14(18)12(16)5-4-8-19-2/h6-7,9,12H,3-5,8,16H2,1-2H3,(H,17,18). The van der Waals surface area contributed by atoms with Crippen LogP contribution in [0.3, 0.4) is 0 Å². The quantitative estimate of drug-likeness (QED) is 0.723. The van der Waals surface area contributed by atoms with Crippen molar-refractivity contribution < 1.29 is 14.3 Å². The zero-order valence-corrected chi connectivity index (χ0v) is 12.6. The molecule has 1 atom stereocenters. The van der Waals surface area contributed by atoms with Crippen LogP contribution >= 0.6 is 11.6 Å². The highest BCUT2D eigenvalue weighted by Crippen LogP contribution is 2.27. The van der Waals surface area contributed by atoms with Gasteiger partial charge in [-0.25, -0.2) is 0 Å². The Hall–Kier alpha value is -1.30. The van der Waals surface area contributed by atoms with E-state index in [9.17, 15) is 4.79 Å². The number of carbonyl (C=O) groups is 1. The topological polar surface area (TPSA) is 73.6 Å². The molecule has 0 aliphatic heterocycles. The molecule has 1 amide bonds. The highest BCUT2D eigenvalue weighted by Gasteiger charge is 2.13. The first-order valence-electron chi connectivity index (χ1n) is 6.56. The Labute approximate surface area is 124 Å². The molecule has 1 aromatic carbocycles. The number of halogens is 1. The van der Waals surface area contributed by atoms with Crippen LogP contribution in [0, 0.1) is 0 Å². The summed E-state index contributed by atoms with van der Waals surface area (Å²) in [5.74, 6) is 0.359. The second-order valence-electron chi connectivity index (χ2n) is 4.31. The summed E-state index contributed by atoms with van der Waals surface area (Å²) in [7, 11) is 1.62. The monoisotopic (exact) mass is 300 g/mol. The number of anilines is 1. The van der Waals surface area contributed by atoms with Crippen molar-refractivity contribution in [3.05, 3.63) is 23.2 Å². The lowest BCUT2D eigenvalue weighted by Gasteiger charge is -2.13. The van der Waals surface area contributed by atoms with Crippen LogP contribution < -0.4 is 15.8 Å². The first-order chi connectivity index (χ1) is 9.58. The molecule has 6 heteroatoms. The molecule has 0 saturated heterocycles. The van der Waals surface area contributed by atoms with E-state index in [1.807, 2.05) is 6.92 Å². The van der Waals surface area contributed by atoms with Crippen LogP contribution in [0.4, 0.5) is 5.69 Å². The largest absolute Gasteiger partial charge is 0.492 e. The second-order valence-corrected chi connectivity index (χ2v) is 4.72. The summed E-state index contributed by atoms with van der Waals surface area (Å²) in [6.45, 7) is 3.01. The molecule has 0 spiro atoms. The number of benzene rings is 1. The fraction of sp³-hybridized carbons (Fsp3) is 0.500. The van der Waals surface area contributed by atoms with Gasteiger partial charge >= 0.3 is 0 Å². The number of methoxy groups -OCH3 is 1. The molecule has 1 aromatic rings. The lowest BCUT2D eigenvalue weighted by Crippen LogP contribution is -2.35. The summed E-state index contributed by atoms with van der Waals surface area (Å²) >= 11 is 6.05. The van der Waals surface area contributed by atoms with E-state index in [2.05, 4.69) is 5.32 Å². The number of amides is 1.